The molecule has 0 aliphatic carbocycles. The molecular formula is C17H16N6O. The van der Waals surface area contributed by atoms with Crippen LogP contribution in [0.5, 0.6) is 5.75 Å². The van der Waals surface area contributed by atoms with E-state index in [4.69, 9.17) is 10.00 Å². The molecule has 0 bridgehead atoms. The summed E-state index contributed by atoms with van der Waals surface area (Å²) in [6.07, 6.45) is 5.34. The van der Waals surface area contributed by atoms with E-state index in [0.717, 1.165) is 42.1 Å². The second kappa shape index (κ2) is 6.16. The van der Waals surface area contributed by atoms with Crippen LogP contribution in [0, 0.1) is 11.3 Å². The zero-order chi connectivity index (χ0) is 16.4. The summed E-state index contributed by atoms with van der Waals surface area (Å²) >= 11 is 0. The van der Waals surface area contributed by atoms with Crippen molar-refractivity contribution in [1.82, 2.24) is 19.9 Å². The number of nitriles is 1. The van der Waals surface area contributed by atoms with Gasteiger partial charge in [-0.15, -0.1) is 0 Å². The molecule has 0 saturated carbocycles. The fourth-order valence-corrected chi connectivity index (χ4v) is 3.07. The summed E-state index contributed by atoms with van der Waals surface area (Å²) in [5.74, 6) is 1.63. The van der Waals surface area contributed by atoms with Crippen molar-refractivity contribution in [2.24, 2.45) is 0 Å². The van der Waals surface area contributed by atoms with E-state index in [9.17, 15) is 0 Å². The van der Waals surface area contributed by atoms with Crippen molar-refractivity contribution >= 4 is 17.0 Å². The normalized spacial score (nSPS) is 17.1. The van der Waals surface area contributed by atoms with E-state index in [2.05, 4.69) is 30.9 Å². The van der Waals surface area contributed by atoms with Crippen LogP contribution in [0.3, 0.4) is 0 Å². The highest BCUT2D eigenvalue weighted by molar-refractivity contribution is 5.83. The molecule has 1 aliphatic heterocycles. The van der Waals surface area contributed by atoms with Crippen molar-refractivity contribution in [3.63, 3.8) is 0 Å². The molecule has 1 aromatic carbocycles. The predicted molar refractivity (Wildman–Crippen MR) is 88.7 cm³/mol. The van der Waals surface area contributed by atoms with Gasteiger partial charge in [-0.25, -0.2) is 15.0 Å². The fraction of sp³-hybridized carbons (Fsp3) is 0.294. The average Bonchev–Trinajstić information content (AvgIpc) is 3.29. The number of aromatic nitrogens is 4. The first-order chi connectivity index (χ1) is 11.8. The summed E-state index contributed by atoms with van der Waals surface area (Å²) in [6.45, 7) is 1.50. The van der Waals surface area contributed by atoms with Gasteiger partial charge in [0.05, 0.1) is 24.0 Å². The Morgan fingerprint density at radius 2 is 2.12 bits per heavy atom. The molecular weight excluding hydrogens is 304 g/mol. The highest BCUT2D eigenvalue weighted by atomic mass is 16.5. The zero-order valence-electron chi connectivity index (χ0n) is 13.0. The number of aromatic amines is 1. The Hall–Kier alpha value is -3.14. The van der Waals surface area contributed by atoms with Crippen LogP contribution in [-0.2, 0) is 0 Å². The molecule has 2 aromatic heterocycles. The van der Waals surface area contributed by atoms with Crippen LogP contribution in [0.15, 0.2) is 36.9 Å². The van der Waals surface area contributed by atoms with E-state index in [-0.39, 0.29) is 6.04 Å². The van der Waals surface area contributed by atoms with Crippen molar-refractivity contribution in [1.29, 1.82) is 5.26 Å². The molecule has 7 nitrogen and oxygen atoms in total. The summed E-state index contributed by atoms with van der Waals surface area (Å²) in [7, 11) is 0. The first-order valence-corrected chi connectivity index (χ1v) is 7.89. The van der Waals surface area contributed by atoms with Crippen molar-refractivity contribution in [2.75, 3.05) is 18.1 Å². The second-order valence-electron chi connectivity index (χ2n) is 5.73. The van der Waals surface area contributed by atoms with Crippen LogP contribution in [0.4, 0.5) is 5.82 Å². The third-order valence-electron chi connectivity index (χ3n) is 4.27. The molecule has 1 saturated heterocycles. The Bertz CT molecular complexity index is 882. The second-order valence-corrected chi connectivity index (χ2v) is 5.73. The number of ether oxygens (including phenoxy) is 1. The monoisotopic (exact) mass is 320 g/mol. The Morgan fingerprint density at radius 3 is 2.96 bits per heavy atom. The summed E-state index contributed by atoms with van der Waals surface area (Å²) in [5.41, 5.74) is 2.17. The number of imidazole rings is 1. The van der Waals surface area contributed by atoms with Gasteiger partial charge in [-0.05, 0) is 37.1 Å². The molecule has 4 rings (SSSR count). The van der Waals surface area contributed by atoms with Crippen LogP contribution >= 0.6 is 0 Å². The highest BCUT2D eigenvalue weighted by Gasteiger charge is 2.28. The van der Waals surface area contributed by atoms with Gasteiger partial charge >= 0.3 is 0 Å². The van der Waals surface area contributed by atoms with Crippen molar-refractivity contribution in [3.05, 3.63) is 42.5 Å². The van der Waals surface area contributed by atoms with E-state index in [0.29, 0.717) is 12.2 Å². The largest absolute Gasteiger partial charge is 0.491 e. The molecule has 0 radical (unpaired) electrons. The minimum Gasteiger partial charge on any atom is -0.491 e. The number of H-pyrrole nitrogens is 1. The highest BCUT2D eigenvalue weighted by Crippen LogP contribution is 2.28. The number of anilines is 1. The van der Waals surface area contributed by atoms with Crippen molar-refractivity contribution in [3.8, 4) is 11.8 Å². The standard InChI is InChI=1S/C17H16N6O/c18-8-12-3-5-14(6-4-12)24-9-13-2-1-7-23(13)17-15-16(20-10-19-15)21-11-22-17/h3-6,10-11,13H,1-2,7,9H2,(H,19,20,21,22). The SMILES string of the molecule is N#Cc1ccc(OCC2CCCN2c2ncnc3[nH]cnc23)cc1. The minimum atomic E-state index is 0.246. The van der Waals surface area contributed by atoms with Crippen LogP contribution in [0.25, 0.3) is 11.2 Å². The lowest BCUT2D eigenvalue weighted by Crippen LogP contribution is -2.35. The quantitative estimate of drug-likeness (QED) is 0.793. The molecule has 0 spiro atoms. The van der Waals surface area contributed by atoms with Gasteiger partial charge in [-0.3, -0.25) is 0 Å². The number of hydrogen-bond acceptors (Lipinski definition) is 6. The molecule has 1 fully saturated rings. The third-order valence-corrected chi connectivity index (χ3v) is 4.27. The third kappa shape index (κ3) is 2.63. The number of benzene rings is 1. The van der Waals surface area contributed by atoms with E-state index in [1.807, 2.05) is 12.1 Å². The maximum absolute atomic E-state index is 8.84. The van der Waals surface area contributed by atoms with E-state index >= 15 is 0 Å². The molecule has 1 aliphatic rings. The molecule has 0 amide bonds. The lowest BCUT2D eigenvalue weighted by molar-refractivity contribution is 0.288. The van der Waals surface area contributed by atoms with Gasteiger partial charge in [0, 0.05) is 6.54 Å². The number of fused-ring (bicyclic) bond motifs is 1. The number of hydrogen-bond donors (Lipinski definition) is 1. The smallest absolute Gasteiger partial charge is 0.162 e. The number of nitrogens with one attached hydrogen (secondary N) is 1. The summed E-state index contributed by atoms with van der Waals surface area (Å²) < 4.78 is 5.91. The fourth-order valence-electron chi connectivity index (χ4n) is 3.07. The Labute approximate surface area is 138 Å². The van der Waals surface area contributed by atoms with Crippen molar-refractivity contribution < 1.29 is 4.74 Å². The summed E-state index contributed by atoms with van der Waals surface area (Å²) in [4.78, 5) is 18.2. The van der Waals surface area contributed by atoms with Gasteiger partial charge in [-0.2, -0.15) is 5.26 Å². The number of nitrogens with zero attached hydrogens (tertiary/aromatic N) is 5. The molecule has 1 atom stereocenters. The summed E-state index contributed by atoms with van der Waals surface area (Å²) in [6, 6.07) is 9.53. The zero-order valence-corrected chi connectivity index (χ0v) is 13.0. The lowest BCUT2D eigenvalue weighted by Gasteiger charge is -2.25. The van der Waals surface area contributed by atoms with E-state index in [1.54, 1.807) is 24.8 Å². The maximum atomic E-state index is 8.84. The molecule has 1 N–H and O–H groups in total. The summed E-state index contributed by atoms with van der Waals surface area (Å²) in [5, 5.41) is 8.84. The maximum Gasteiger partial charge on any atom is 0.162 e. The van der Waals surface area contributed by atoms with Crippen LogP contribution in [0.1, 0.15) is 18.4 Å². The van der Waals surface area contributed by atoms with Gasteiger partial charge in [0.25, 0.3) is 0 Å². The molecule has 3 aromatic rings. The Kier molecular flexibility index (Phi) is 3.71. The van der Waals surface area contributed by atoms with E-state index < -0.39 is 0 Å². The Balaban J connectivity index is 1.50. The predicted octanol–water partition coefficient (Wildman–Crippen LogP) is 2.27. The van der Waals surface area contributed by atoms with Crippen LogP contribution in [0.2, 0.25) is 0 Å². The first-order valence-electron chi connectivity index (χ1n) is 7.89. The average molecular weight is 320 g/mol. The minimum absolute atomic E-state index is 0.246. The van der Waals surface area contributed by atoms with Gasteiger partial charge < -0.3 is 14.6 Å². The van der Waals surface area contributed by atoms with Crippen molar-refractivity contribution in [2.45, 2.75) is 18.9 Å². The van der Waals surface area contributed by atoms with Gasteiger partial charge in [-0.1, -0.05) is 0 Å². The van der Waals surface area contributed by atoms with E-state index in [1.165, 1.54) is 0 Å². The molecule has 24 heavy (non-hydrogen) atoms. The Morgan fingerprint density at radius 1 is 1.25 bits per heavy atom. The lowest BCUT2D eigenvalue weighted by atomic mass is 10.2. The molecule has 1 unspecified atom stereocenters. The van der Waals surface area contributed by atoms with Gasteiger partial charge in [0.1, 0.15) is 24.2 Å². The van der Waals surface area contributed by atoms with Crippen LogP contribution < -0.4 is 9.64 Å². The number of rotatable bonds is 4. The molecule has 7 heteroatoms. The molecule has 120 valence electrons. The van der Waals surface area contributed by atoms with Crippen LogP contribution in [-0.4, -0.2) is 39.1 Å². The topological polar surface area (TPSA) is 90.7 Å². The van der Waals surface area contributed by atoms with Gasteiger partial charge in [0.15, 0.2) is 11.5 Å². The molecule has 3 heterocycles. The first kappa shape index (κ1) is 14.5. The van der Waals surface area contributed by atoms with Gasteiger partial charge in [0.2, 0.25) is 0 Å².